The second-order valence-electron chi connectivity index (χ2n) is 7.81. The van der Waals surface area contributed by atoms with Gasteiger partial charge in [0.1, 0.15) is 25.0 Å². The third-order valence-electron chi connectivity index (χ3n) is 5.22. The number of rotatable bonds is 10. The lowest BCUT2D eigenvalue weighted by Gasteiger charge is -2.19. The minimum Gasteiger partial charge on any atom is -0.489 e. The maximum absolute atomic E-state index is 13.0. The Morgan fingerprint density at radius 1 is 0.829 bits per heavy atom. The summed E-state index contributed by atoms with van der Waals surface area (Å²) in [5.74, 6) is 0.280. The van der Waals surface area contributed by atoms with E-state index in [1.807, 2.05) is 60.7 Å². The summed E-state index contributed by atoms with van der Waals surface area (Å²) in [6, 6.07) is 25.3. The molecule has 4 aromatic rings. The molecule has 1 atom stereocenters. The van der Waals surface area contributed by atoms with Gasteiger partial charge in [-0.15, -0.1) is 0 Å². The van der Waals surface area contributed by atoms with Crippen molar-refractivity contribution in [3.63, 3.8) is 0 Å². The van der Waals surface area contributed by atoms with Crippen molar-refractivity contribution in [3.8, 4) is 5.75 Å². The number of aromatic amines is 1. The standard InChI is InChI=1S/C27H26N4O4/c32-26(28-15-22-16-29-30-17-22)25(31-27(33)35-19-21-9-5-2-6-10-21)23-11-13-24(14-12-23)34-18-20-7-3-1-4-8-20/h1-14,16-17,25H,15,18-19H2,(H,28,32)(H,29,30)(H,31,33)/t25-/m1/s1. The van der Waals surface area contributed by atoms with Crippen molar-refractivity contribution in [2.24, 2.45) is 0 Å². The molecule has 8 nitrogen and oxygen atoms in total. The van der Waals surface area contributed by atoms with Crippen LogP contribution in [0.1, 0.15) is 28.3 Å². The number of hydrogen-bond donors (Lipinski definition) is 3. The number of carbonyl (C=O) groups is 2. The Hall–Kier alpha value is -4.59. The second-order valence-corrected chi connectivity index (χ2v) is 7.81. The molecule has 0 saturated carbocycles. The van der Waals surface area contributed by atoms with Crippen LogP contribution in [0, 0.1) is 0 Å². The van der Waals surface area contributed by atoms with Crippen molar-refractivity contribution in [2.75, 3.05) is 0 Å². The van der Waals surface area contributed by atoms with E-state index in [0.29, 0.717) is 17.9 Å². The summed E-state index contributed by atoms with van der Waals surface area (Å²) in [7, 11) is 0. The predicted molar refractivity (Wildman–Crippen MR) is 130 cm³/mol. The molecule has 0 aliphatic carbocycles. The molecule has 8 heteroatoms. The van der Waals surface area contributed by atoms with Crippen molar-refractivity contribution in [1.82, 2.24) is 20.8 Å². The number of amides is 2. The van der Waals surface area contributed by atoms with Gasteiger partial charge in [-0.2, -0.15) is 5.10 Å². The van der Waals surface area contributed by atoms with Gasteiger partial charge in [-0.3, -0.25) is 9.89 Å². The normalized spacial score (nSPS) is 11.3. The Kier molecular flexibility index (Phi) is 8.10. The monoisotopic (exact) mass is 470 g/mol. The van der Waals surface area contributed by atoms with Crippen molar-refractivity contribution in [3.05, 3.63) is 120 Å². The molecule has 0 radical (unpaired) electrons. The van der Waals surface area contributed by atoms with Crippen LogP contribution in [0.5, 0.6) is 5.75 Å². The van der Waals surface area contributed by atoms with Gasteiger partial charge >= 0.3 is 6.09 Å². The van der Waals surface area contributed by atoms with Crippen molar-refractivity contribution in [2.45, 2.75) is 25.8 Å². The molecule has 35 heavy (non-hydrogen) atoms. The zero-order valence-electron chi connectivity index (χ0n) is 19.0. The number of nitrogens with zero attached hydrogens (tertiary/aromatic N) is 1. The van der Waals surface area contributed by atoms with Gasteiger partial charge in [0.2, 0.25) is 5.91 Å². The molecular formula is C27H26N4O4. The van der Waals surface area contributed by atoms with Crippen LogP contribution in [0.3, 0.4) is 0 Å². The first-order valence-electron chi connectivity index (χ1n) is 11.2. The first kappa shape index (κ1) is 23.6. The molecule has 1 heterocycles. The molecule has 2 amide bonds. The van der Waals surface area contributed by atoms with Crippen LogP contribution in [0.4, 0.5) is 4.79 Å². The number of carbonyl (C=O) groups excluding carboxylic acids is 2. The fourth-order valence-corrected chi connectivity index (χ4v) is 3.35. The van der Waals surface area contributed by atoms with Crippen LogP contribution in [0.25, 0.3) is 0 Å². The number of alkyl carbamates (subject to hydrolysis) is 1. The molecule has 0 aliphatic rings. The summed E-state index contributed by atoms with van der Waals surface area (Å²) in [6.07, 6.45) is 2.62. The van der Waals surface area contributed by atoms with Gasteiger partial charge in [-0.05, 0) is 28.8 Å². The number of H-pyrrole nitrogens is 1. The predicted octanol–water partition coefficient (Wildman–Crippen LogP) is 4.27. The third kappa shape index (κ3) is 7.20. The highest BCUT2D eigenvalue weighted by molar-refractivity contribution is 5.86. The maximum Gasteiger partial charge on any atom is 0.408 e. The van der Waals surface area contributed by atoms with Gasteiger partial charge in [-0.1, -0.05) is 72.8 Å². The molecule has 0 bridgehead atoms. The Balaban J connectivity index is 1.41. The van der Waals surface area contributed by atoms with Crippen molar-refractivity contribution >= 4 is 12.0 Å². The Bertz CT molecular complexity index is 1200. The molecular weight excluding hydrogens is 444 g/mol. The molecule has 1 aromatic heterocycles. The fourth-order valence-electron chi connectivity index (χ4n) is 3.35. The highest BCUT2D eigenvalue weighted by atomic mass is 16.5. The number of ether oxygens (including phenoxy) is 2. The molecule has 3 N–H and O–H groups in total. The molecule has 0 spiro atoms. The zero-order chi connectivity index (χ0) is 24.3. The first-order chi connectivity index (χ1) is 17.2. The van der Waals surface area contributed by atoms with Crippen LogP contribution in [0.15, 0.2) is 97.3 Å². The molecule has 178 valence electrons. The molecule has 0 saturated heterocycles. The summed E-state index contributed by atoms with van der Waals surface area (Å²) >= 11 is 0. The minimum atomic E-state index is -0.951. The topological polar surface area (TPSA) is 105 Å². The van der Waals surface area contributed by atoms with Crippen LogP contribution < -0.4 is 15.4 Å². The summed E-state index contributed by atoms with van der Waals surface area (Å²) < 4.78 is 11.2. The van der Waals surface area contributed by atoms with E-state index < -0.39 is 12.1 Å². The van der Waals surface area contributed by atoms with E-state index in [-0.39, 0.29) is 19.1 Å². The van der Waals surface area contributed by atoms with E-state index >= 15 is 0 Å². The van der Waals surface area contributed by atoms with E-state index in [1.54, 1.807) is 36.7 Å². The van der Waals surface area contributed by atoms with Crippen LogP contribution in [-0.2, 0) is 29.3 Å². The Morgan fingerprint density at radius 3 is 2.11 bits per heavy atom. The number of hydrogen-bond acceptors (Lipinski definition) is 5. The fraction of sp³-hybridized carbons (Fsp3) is 0.148. The molecule has 0 aliphatic heterocycles. The SMILES string of the molecule is O=C(N[C@@H](C(=O)NCc1cn[nH]c1)c1ccc(OCc2ccccc2)cc1)OCc1ccccc1. The average molecular weight is 471 g/mol. The van der Waals surface area contributed by atoms with Gasteiger partial charge in [0.05, 0.1) is 6.20 Å². The maximum atomic E-state index is 13.0. The largest absolute Gasteiger partial charge is 0.489 e. The first-order valence-corrected chi connectivity index (χ1v) is 11.2. The summed E-state index contributed by atoms with van der Waals surface area (Å²) in [4.78, 5) is 25.5. The van der Waals surface area contributed by atoms with Gasteiger partial charge in [0.15, 0.2) is 0 Å². The Labute approximate surface area is 203 Å². The van der Waals surface area contributed by atoms with Gasteiger partial charge < -0.3 is 20.1 Å². The lowest BCUT2D eigenvalue weighted by molar-refractivity contribution is -0.123. The number of nitrogens with one attached hydrogen (secondary N) is 3. The van der Waals surface area contributed by atoms with E-state index in [9.17, 15) is 9.59 Å². The lowest BCUT2D eigenvalue weighted by Crippen LogP contribution is -2.40. The van der Waals surface area contributed by atoms with Crippen molar-refractivity contribution < 1.29 is 19.1 Å². The van der Waals surface area contributed by atoms with Gasteiger partial charge in [0.25, 0.3) is 0 Å². The van der Waals surface area contributed by atoms with Gasteiger partial charge in [-0.25, -0.2) is 4.79 Å². The lowest BCUT2D eigenvalue weighted by atomic mass is 10.1. The highest BCUT2D eigenvalue weighted by Crippen LogP contribution is 2.20. The van der Waals surface area contributed by atoms with E-state index in [0.717, 1.165) is 16.7 Å². The average Bonchev–Trinajstić information content (AvgIpc) is 3.43. The van der Waals surface area contributed by atoms with E-state index in [1.165, 1.54) is 0 Å². The summed E-state index contributed by atoms with van der Waals surface area (Å²) in [5, 5.41) is 12.1. The molecule has 0 unspecified atom stereocenters. The molecule has 3 aromatic carbocycles. The van der Waals surface area contributed by atoms with E-state index in [2.05, 4.69) is 20.8 Å². The summed E-state index contributed by atoms with van der Waals surface area (Å²) in [5.41, 5.74) is 3.31. The molecule has 0 fully saturated rings. The molecule has 4 rings (SSSR count). The minimum absolute atomic E-state index is 0.0995. The highest BCUT2D eigenvalue weighted by Gasteiger charge is 2.23. The number of aromatic nitrogens is 2. The van der Waals surface area contributed by atoms with Crippen LogP contribution >= 0.6 is 0 Å². The number of benzene rings is 3. The smallest absolute Gasteiger partial charge is 0.408 e. The van der Waals surface area contributed by atoms with E-state index in [4.69, 9.17) is 9.47 Å². The van der Waals surface area contributed by atoms with Gasteiger partial charge in [0, 0.05) is 18.3 Å². The summed E-state index contributed by atoms with van der Waals surface area (Å²) in [6.45, 7) is 0.798. The zero-order valence-corrected chi connectivity index (χ0v) is 19.0. The quantitative estimate of drug-likeness (QED) is 0.321. The Morgan fingerprint density at radius 2 is 1.49 bits per heavy atom. The van der Waals surface area contributed by atoms with Crippen molar-refractivity contribution in [1.29, 1.82) is 0 Å². The van der Waals surface area contributed by atoms with Crippen LogP contribution in [0.2, 0.25) is 0 Å². The third-order valence-corrected chi connectivity index (χ3v) is 5.22. The second kappa shape index (κ2) is 12.0. The van der Waals surface area contributed by atoms with Crippen LogP contribution in [-0.4, -0.2) is 22.2 Å².